The summed E-state index contributed by atoms with van der Waals surface area (Å²) in [6, 6.07) is 8.74. The van der Waals surface area contributed by atoms with Gasteiger partial charge in [-0.1, -0.05) is 6.07 Å². The number of aromatic nitrogens is 3. The molecule has 0 amide bonds. The summed E-state index contributed by atoms with van der Waals surface area (Å²) in [6.07, 6.45) is -4.16. The fourth-order valence-corrected chi connectivity index (χ4v) is 3.59. The van der Waals surface area contributed by atoms with E-state index in [9.17, 15) is 17.6 Å². The molecule has 2 N–H and O–H groups in total. The summed E-state index contributed by atoms with van der Waals surface area (Å²) in [7, 11) is 0. The van der Waals surface area contributed by atoms with Crippen LogP contribution in [0.1, 0.15) is 23.2 Å². The van der Waals surface area contributed by atoms with Gasteiger partial charge in [-0.25, -0.2) is 9.37 Å². The van der Waals surface area contributed by atoms with Crippen LogP contribution < -0.4 is 10.6 Å². The maximum atomic E-state index is 13.8. The lowest BCUT2D eigenvalue weighted by atomic mass is 10.1. The summed E-state index contributed by atoms with van der Waals surface area (Å²) >= 11 is 0. The summed E-state index contributed by atoms with van der Waals surface area (Å²) in [5.41, 5.74) is 7.20. The van der Waals surface area contributed by atoms with Crippen molar-refractivity contribution in [3.05, 3.63) is 53.3 Å². The number of benzene rings is 1. The topological polar surface area (TPSA) is 83.8 Å². The molecule has 31 heavy (non-hydrogen) atoms. The van der Waals surface area contributed by atoms with Gasteiger partial charge < -0.3 is 15.2 Å². The van der Waals surface area contributed by atoms with Crippen molar-refractivity contribution in [3.63, 3.8) is 0 Å². The highest BCUT2D eigenvalue weighted by atomic mass is 35.5. The first-order valence-corrected chi connectivity index (χ1v) is 9.33. The Balaban J connectivity index is 0.00000272. The van der Waals surface area contributed by atoms with E-state index in [2.05, 4.69) is 16.0 Å². The number of imidazole rings is 1. The Bertz CT molecular complexity index is 1110. The Morgan fingerprint density at radius 1 is 1.23 bits per heavy atom. The van der Waals surface area contributed by atoms with E-state index < -0.39 is 24.1 Å². The molecule has 0 saturated carbocycles. The van der Waals surface area contributed by atoms with Crippen molar-refractivity contribution >= 4 is 29.4 Å². The highest BCUT2D eigenvalue weighted by Gasteiger charge is 2.32. The number of piperidine rings is 1. The molecule has 2 atom stereocenters. The molecular formula is C20H19ClF4N6. The third-order valence-corrected chi connectivity index (χ3v) is 5.17. The van der Waals surface area contributed by atoms with Crippen LogP contribution in [0.25, 0.3) is 11.0 Å². The van der Waals surface area contributed by atoms with E-state index in [1.54, 1.807) is 18.2 Å². The van der Waals surface area contributed by atoms with Crippen molar-refractivity contribution in [2.45, 2.75) is 31.4 Å². The lowest BCUT2D eigenvalue weighted by Crippen LogP contribution is -2.50. The molecule has 3 aromatic rings. The molecule has 0 unspecified atom stereocenters. The van der Waals surface area contributed by atoms with Gasteiger partial charge in [0.2, 0.25) is 5.95 Å². The van der Waals surface area contributed by atoms with Crippen LogP contribution in [0.15, 0.2) is 36.5 Å². The molecule has 0 radical (unpaired) electrons. The lowest BCUT2D eigenvalue weighted by molar-refractivity contribution is -0.141. The molecule has 1 aliphatic rings. The largest absolute Gasteiger partial charge is 0.433 e. The fourth-order valence-electron chi connectivity index (χ4n) is 3.59. The molecule has 0 spiro atoms. The number of pyridine rings is 1. The SMILES string of the molecule is Cl.N#Cc1ccc2c(c1)nc(N1CC[C@@H](F)[C@H](N)C1)n2Cc1ccc(C(F)(F)F)nc1. The van der Waals surface area contributed by atoms with Gasteiger partial charge in [0.15, 0.2) is 0 Å². The van der Waals surface area contributed by atoms with Gasteiger partial charge in [-0.3, -0.25) is 4.98 Å². The summed E-state index contributed by atoms with van der Waals surface area (Å²) in [6.45, 7) is 0.892. The van der Waals surface area contributed by atoms with Crippen LogP contribution in [0.3, 0.4) is 0 Å². The fraction of sp³-hybridized carbons (Fsp3) is 0.350. The quantitative estimate of drug-likeness (QED) is 0.610. The number of anilines is 1. The average Bonchev–Trinajstić information content (AvgIpc) is 3.07. The van der Waals surface area contributed by atoms with Gasteiger partial charge >= 0.3 is 6.18 Å². The number of nitrogens with two attached hydrogens (primary N) is 1. The van der Waals surface area contributed by atoms with Gasteiger partial charge in [0, 0.05) is 19.3 Å². The van der Waals surface area contributed by atoms with E-state index in [0.29, 0.717) is 34.7 Å². The zero-order valence-corrected chi connectivity index (χ0v) is 17.0. The molecule has 2 aromatic heterocycles. The van der Waals surface area contributed by atoms with Crippen LogP contribution in [0, 0.1) is 11.3 Å². The summed E-state index contributed by atoms with van der Waals surface area (Å²) in [4.78, 5) is 10.00. The van der Waals surface area contributed by atoms with Gasteiger partial charge in [0.25, 0.3) is 0 Å². The zero-order valence-electron chi connectivity index (χ0n) is 16.2. The second-order valence-electron chi connectivity index (χ2n) is 7.28. The third-order valence-electron chi connectivity index (χ3n) is 5.17. The zero-order chi connectivity index (χ0) is 21.5. The first kappa shape index (κ1) is 22.8. The molecule has 164 valence electrons. The van der Waals surface area contributed by atoms with E-state index in [4.69, 9.17) is 11.0 Å². The minimum absolute atomic E-state index is 0. The summed E-state index contributed by atoms with van der Waals surface area (Å²) in [5, 5.41) is 9.16. The van der Waals surface area contributed by atoms with Crippen molar-refractivity contribution in [2.75, 3.05) is 18.0 Å². The molecule has 1 aromatic carbocycles. The average molecular weight is 455 g/mol. The Morgan fingerprint density at radius 3 is 2.61 bits per heavy atom. The second-order valence-corrected chi connectivity index (χ2v) is 7.28. The number of nitrogens with zero attached hydrogens (tertiary/aromatic N) is 5. The van der Waals surface area contributed by atoms with Crippen LogP contribution in [-0.2, 0) is 12.7 Å². The molecule has 3 heterocycles. The van der Waals surface area contributed by atoms with Crippen molar-refractivity contribution in [1.29, 1.82) is 5.26 Å². The van der Waals surface area contributed by atoms with Gasteiger partial charge in [-0.2, -0.15) is 18.4 Å². The van der Waals surface area contributed by atoms with E-state index in [-0.39, 0.29) is 31.9 Å². The van der Waals surface area contributed by atoms with Crippen LogP contribution in [-0.4, -0.2) is 39.8 Å². The Labute approximate surface area is 181 Å². The van der Waals surface area contributed by atoms with Crippen LogP contribution in [0.5, 0.6) is 0 Å². The Morgan fingerprint density at radius 2 is 2.00 bits per heavy atom. The van der Waals surface area contributed by atoms with E-state index in [1.807, 2.05) is 9.47 Å². The van der Waals surface area contributed by atoms with Gasteiger partial charge in [0.1, 0.15) is 11.9 Å². The van der Waals surface area contributed by atoms with Crippen LogP contribution >= 0.6 is 12.4 Å². The molecule has 1 fully saturated rings. The van der Waals surface area contributed by atoms with Crippen LogP contribution in [0.4, 0.5) is 23.5 Å². The molecule has 1 saturated heterocycles. The Hall–Kier alpha value is -2.90. The van der Waals surface area contributed by atoms with E-state index in [1.165, 1.54) is 12.3 Å². The van der Waals surface area contributed by atoms with Gasteiger partial charge in [-0.05, 0) is 36.2 Å². The lowest BCUT2D eigenvalue weighted by Gasteiger charge is -2.34. The van der Waals surface area contributed by atoms with Crippen molar-refractivity contribution in [2.24, 2.45) is 5.73 Å². The van der Waals surface area contributed by atoms with E-state index in [0.717, 1.165) is 6.07 Å². The molecule has 1 aliphatic heterocycles. The smallest absolute Gasteiger partial charge is 0.340 e. The van der Waals surface area contributed by atoms with Crippen LogP contribution in [0.2, 0.25) is 0 Å². The second kappa shape index (κ2) is 8.69. The molecule has 0 aliphatic carbocycles. The van der Waals surface area contributed by atoms with Crippen molar-refractivity contribution < 1.29 is 17.6 Å². The summed E-state index contributed by atoms with van der Waals surface area (Å²) < 4.78 is 54.1. The number of nitriles is 1. The van der Waals surface area contributed by atoms with Crippen molar-refractivity contribution in [3.8, 4) is 6.07 Å². The number of rotatable bonds is 3. The normalized spacial score (nSPS) is 19.2. The number of halogens is 5. The monoisotopic (exact) mass is 454 g/mol. The maximum absolute atomic E-state index is 13.8. The molecular weight excluding hydrogens is 436 g/mol. The first-order valence-electron chi connectivity index (χ1n) is 9.33. The third kappa shape index (κ3) is 4.57. The first-order chi connectivity index (χ1) is 14.3. The minimum Gasteiger partial charge on any atom is -0.340 e. The van der Waals surface area contributed by atoms with Crippen molar-refractivity contribution in [1.82, 2.24) is 14.5 Å². The highest BCUT2D eigenvalue weighted by molar-refractivity contribution is 5.85. The van der Waals surface area contributed by atoms with E-state index >= 15 is 0 Å². The minimum atomic E-state index is -4.51. The summed E-state index contributed by atoms with van der Waals surface area (Å²) in [5.74, 6) is 0.530. The highest BCUT2D eigenvalue weighted by Crippen LogP contribution is 2.29. The number of hydrogen-bond donors (Lipinski definition) is 1. The predicted molar refractivity (Wildman–Crippen MR) is 110 cm³/mol. The number of hydrogen-bond acceptors (Lipinski definition) is 5. The maximum Gasteiger partial charge on any atom is 0.433 e. The van der Waals surface area contributed by atoms with Gasteiger partial charge in [0.05, 0.1) is 35.3 Å². The molecule has 11 heteroatoms. The number of alkyl halides is 4. The molecule has 6 nitrogen and oxygen atoms in total. The van der Waals surface area contributed by atoms with Gasteiger partial charge in [-0.15, -0.1) is 12.4 Å². The predicted octanol–water partition coefficient (Wildman–Crippen LogP) is 3.67. The molecule has 0 bridgehead atoms. The standard InChI is InChI=1S/C20H18F4N6.ClH/c21-14-5-6-29(11-15(14)26)19-28-16-7-12(8-25)1-3-17(16)30(19)10-13-2-4-18(27-9-13)20(22,23)24;/h1-4,7,9,14-15H,5-6,10-11,26H2;1H/t14-,15-;/m1./s1. The number of fused-ring (bicyclic) bond motifs is 1. The molecule has 4 rings (SSSR count). The Kier molecular flexibility index (Phi) is 6.38.